The summed E-state index contributed by atoms with van der Waals surface area (Å²) >= 11 is 0. The van der Waals surface area contributed by atoms with Crippen LogP contribution in [0.1, 0.15) is 32.6 Å². The molecule has 8 N–H and O–H groups in total. The van der Waals surface area contributed by atoms with Gasteiger partial charge in [-0.15, -0.1) is 0 Å². The van der Waals surface area contributed by atoms with E-state index in [2.05, 4.69) is 0 Å². The summed E-state index contributed by atoms with van der Waals surface area (Å²) in [6.07, 6.45) is -13.5. The Morgan fingerprint density at radius 3 is 2.13 bits per heavy atom. The summed E-state index contributed by atoms with van der Waals surface area (Å²) in [5.74, 6) is -3.64. The van der Waals surface area contributed by atoms with E-state index in [9.17, 15) is 45.6 Å². The number of hydrogen-bond donors (Lipinski definition) is 8. The minimum Gasteiger partial charge on any atom is -0.394 e. The van der Waals surface area contributed by atoms with Crippen LogP contribution in [-0.2, 0) is 19.0 Å². The molecule has 30 heavy (non-hydrogen) atoms. The number of aliphatic hydroxyl groups is 8. The molecule has 2 rings (SSSR count). The lowest BCUT2D eigenvalue weighted by molar-refractivity contribution is -0.372. The van der Waals surface area contributed by atoms with Gasteiger partial charge in [-0.25, -0.2) is 0 Å². The second kappa shape index (κ2) is 10.7. The van der Waals surface area contributed by atoms with E-state index >= 15 is 0 Å². The van der Waals surface area contributed by atoms with Crippen LogP contribution >= 0.6 is 0 Å². The Kier molecular flexibility index (Phi) is 9.09. The van der Waals surface area contributed by atoms with Crippen molar-refractivity contribution in [3.63, 3.8) is 0 Å². The predicted octanol–water partition coefficient (Wildman–Crippen LogP) is -3.88. The summed E-state index contributed by atoms with van der Waals surface area (Å²) in [6, 6.07) is 0. The van der Waals surface area contributed by atoms with Gasteiger partial charge < -0.3 is 55.1 Å². The molecule has 2 fully saturated rings. The summed E-state index contributed by atoms with van der Waals surface area (Å²) < 4.78 is 15.8. The standard InChI is InChI=1S/C18H32O12/c1-2-3-4-5-10(21)18(27)16(26)14(25)15(9(7-20)30-18)29-17-13(24)12(23)11(22)8(6-19)28-17/h8-9,11-17,19-20,22-27H,2-7H2,1H3/t8-,9-,11+,12+,13-,14+,15-,16-,17+,18?/m1/s1. The largest absolute Gasteiger partial charge is 0.394 e. The lowest BCUT2D eigenvalue weighted by Crippen LogP contribution is -2.70. The van der Waals surface area contributed by atoms with Crippen molar-refractivity contribution in [2.75, 3.05) is 13.2 Å². The minimum atomic E-state index is -2.77. The van der Waals surface area contributed by atoms with Crippen LogP contribution < -0.4 is 0 Å². The van der Waals surface area contributed by atoms with Crippen molar-refractivity contribution in [3.05, 3.63) is 0 Å². The van der Waals surface area contributed by atoms with Crippen molar-refractivity contribution in [2.45, 2.75) is 93.5 Å². The number of hydrogen-bond acceptors (Lipinski definition) is 12. The van der Waals surface area contributed by atoms with Crippen molar-refractivity contribution < 1.29 is 59.9 Å². The third kappa shape index (κ3) is 5.00. The lowest BCUT2D eigenvalue weighted by Gasteiger charge is -2.48. The molecule has 0 amide bonds. The molecule has 0 radical (unpaired) electrons. The Labute approximate surface area is 173 Å². The second-order valence-corrected chi connectivity index (χ2v) is 7.65. The molecule has 12 heteroatoms. The first-order valence-corrected chi connectivity index (χ1v) is 9.98. The molecule has 0 saturated carbocycles. The average Bonchev–Trinajstić information content (AvgIpc) is 2.73. The Hall–Kier alpha value is -0.770. The molecule has 2 aliphatic rings. The van der Waals surface area contributed by atoms with Gasteiger partial charge in [-0.3, -0.25) is 4.79 Å². The van der Waals surface area contributed by atoms with Crippen molar-refractivity contribution in [3.8, 4) is 0 Å². The topological polar surface area (TPSA) is 207 Å². The molecule has 12 nitrogen and oxygen atoms in total. The molecule has 0 aromatic carbocycles. The molecule has 0 aliphatic carbocycles. The number of carbonyl (C=O) groups excluding carboxylic acids is 1. The SMILES string of the molecule is CCCCCC(=O)C1(O)O[C@H](CO)[C@@H](O[C@@H]2O[C@H](CO)[C@H](O)[C@H](O)[C@H]2O)[C@H](O)[C@H]1O. The monoisotopic (exact) mass is 440 g/mol. The van der Waals surface area contributed by atoms with Gasteiger partial charge in [-0.05, 0) is 6.42 Å². The van der Waals surface area contributed by atoms with Crippen LogP contribution in [0.4, 0.5) is 0 Å². The Morgan fingerprint density at radius 1 is 0.933 bits per heavy atom. The molecule has 0 bridgehead atoms. The van der Waals surface area contributed by atoms with E-state index in [0.717, 1.165) is 6.42 Å². The molecule has 0 spiro atoms. The molecule has 2 aliphatic heterocycles. The fraction of sp³-hybridized carbons (Fsp3) is 0.944. The highest BCUT2D eigenvalue weighted by Crippen LogP contribution is 2.34. The summed E-state index contributed by atoms with van der Waals surface area (Å²) in [5, 5.41) is 80.0. The zero-order valence-electron chi connectivity index (χ0n) is 16.6. The fourth-order valence-corrected chi connectivity index (χ4v) is 3.59. The molecular formula is C18H32O12. The van der Waals surface area contributed by atoms with E-state index < -0.39 is 79.9 Å². The first-order valence-electron chi connectivity index (χ1n) is 9.98. The minimum absolute atomic E-state index is 0.121. The molecule has 2 heterocycles. The molecule has 0 aromatic heterocycles. The van der Waals surface area contributed by atoms with Crippen LogP contribution in [0.5, 0.6) is 0 Å². The van der Waals surface area contributed by atoms with Crippen molar-refractivity contribution in [2.24, 2.45) is 0 Å². The number of rotatable bonds is 9. The average molecular weight is 440 g/mol. The van der Waals surface area contributed by atoms with Gasteiger partial charge >= 0.3 is 0 Å². The maximum absolute atomic E-state index is 12.4. The molecule has 176 valence electrons. The smallest absolute Gasteiger partial charge is 0.256 e. The van der Waals surface area contributed by atoms with Gasteiger partial charge in [0, 0.05) is 6.42 Å². The van der Waals surface area contributed by atoms with Crippen LogP contribution in [0, 0.1) is 0 Å². The van der Waals surface area contributed by atoms with E-state index in [1.807, 2.05) is 6.92 Å². The molecular weight excluding hydrogens is 408 g/mol. The third-order valence-electron chi connectivity index (χ3n) is 5.49. The molecule has 10 atom stereocenters. The second-order valence-electron chi connectivity index (χ2n) is 7.65. The highest BCUT2D eigenvalue weighted by atomic mass is 16.7. The number of aliphatic hydroxyl groups excluding tert-OH is 7. The highest BCUT2D eigenvalue weighted by Gasteiger charge is 2.58. The van der Waals surface area contributed by atoms with Gasteiger partial charge in [0.1, 0.15) is 48.8 Å². The van der Waals surface area contributed by atoms with E-state index in [1.165, 1.54) is 0 Å². The number of ketones is 1. The summed E-state index contributed by atoms with van der Waals surface area (Å²) in [5.41, 5.74) is 0. The van der Waals surface area contributed by atoms with Gasteiger partial charge in [-0.2, -0.15) is 0 Å². The first kappa shape index (κ1) is 25.5. The van der Waals surface area contributed by atoms with Gasteiger partial charge in [0.25, 0.3) is 5.79 Å². The Morgan fingerprint density at radius 2 is 1.57 bits per heavy atom. The van der Waals surface area contributed by atoms with Crippen LogP contribution in [0.15, 0.2) is 0 Å². The summed E-state index contributed by atoms with van der Waals surface area (Å²) in [7, 11) is 0. The number of unbranched alkanes of at least 4 members (excludes halogenated alkanes) is 2. The maximum Gasteiger partial charge on any atom is 0.256 e. The quantitative estimate of drug-likeness (QED) is 0.162. The zero-order chi connectivity index (χ0) is 22.6. The van der Waals surface area contributed by atoms with Crippen molar-refractivity contribution in [1.29, 1.82) is 0 Å². The Bertz CT molecular complexity index is 557. The maximum atomic E-state index is 12.4. The number of carbonyl (C=O) groups is 1. The zero-order valence-corrected chi connectivity index (χ0v) is 16.6. The third-order valence-corrected chi connectivity index (χ3v) is 5.49. The van der Waals surface area contributed by atoms with E-state index in [-0.39, 0.29) is 6.42 Å². The Balaban J connectivity index is 2.15. The van der Waals surface area contributed by atoms with Crippen LogP contribution in [0.2, 0.25) is 0 Å². The van der Waals surface area contributed by atoms with Crippen LogP contribution in [-0.4, -0.2) is 121 Å². The van der Waals surface area contributed by atoms with Crippen LogP contribution in [0.25, 0.3) is 0 Å². The van der Waals surface area contributed by atoms with Crippen LogP contribution in [0.3, 0.4) is 0 Å². The molecule has 0 aromatic rings. The van der Waals surface area contributed by atoms with Crippen molar-refractivity contribution in [1.82, 2.24) is 0 Å². The van der Waals surface area contributed by atoms with Gasteiger partial charge in [0.2, 0.25) is 0 Å². The van der Waals surface area contributed by atoms with E-state index in [1.54, 1.807) is 0 Å². The van der Waals surface area contributed by atoms with Gasteiger partial charge in [0.05, 0.1) is 13.2 Å². The first-order chi connectivity index (χ1) is 14.1. The molecule has 1 unspecified atom stereocenters. The normalized spacial score (nSPS) is 44.8. The summed E-state index contributed by atoms with van der Waals surface area (Å²) in [6.45, 7) is 0.362. The van der Waals surface area contributed by atoms with Gasteiger partial charge in [0.15, 0.2) is 12.1 Å². The predicted molar refractivity (Wildman–Crippen MR) is 96.7 cm³/mol. The lowest BCUT2D eigenvalue weighted by atomic mass is 9.88. The highest BCUT2D eigenvalue weighted by molar-refractivity contribution is 5.86. The summed E-state index contributed by atoms with van der Waals surface area (Å²) in [4.78, 5) is 12.4. The fourth-order valence-electron chi connectivity index (χ4n) is 3.59. The van der Waals surface area contributed by atoms with E-state index in [0.29, 0.717) is 12.8 Å². The number of Topliss-reactive ketones (excluding diaryl/α,β-unsaturated/α-hetero) is 1. The molecule has 2 saturated heterocycles. The number of ether oxygens (including phenoxy) is 3. The van der Waals surface area contributed by atoms with Crippen molar-refractivity contribution >= 4 is 5.78 Å². The van der Waals surface area contributed by atoms with E-state index in [4.69, 9.17) is 14.2 Å². The van der Waals surface area contributed by atoms with Gasteiger partial charge in [-0.1, -0.05) is 19.8 Å².